The van der Waals surface area contributed by atoms with Gasteiger partial charge < -0.3 is 19.5 Å². The van der Waals surface area contributed by atoms with Gasteiger partial charge in [0.15, 0.2) is 5.75 Å². The molecule has 3 atom stereocenters. The van der Waals surface area contributed by atoms with Crippen molar-refractivity contribution in [2.45, 2.75) is 30.9 Å². The SMILES string of the molecule is COc1ccc(S(=O)(=O)N(C)C[C@H]2Oc3c(NS(C)(=O)=O)cccc3C(=O)N([C@H](C)CO)C[C@H]2C)cc1. The third kappa shape index (κ3) is 6.53. The molecule has 1 amide bonds. The first kappa shape index (κ1) is 28.7. The van der Waals surface area contributed by atoms with E-state index in [0.717, 1.165) is 10.6 Å². The summed E-state index contributed by atoms with van der Waals surface area (Å²) in [4.78, 5) is 15.0. The zero-order valence-corrected chi connectivity index (χ0v) is 23.0. The number of aliphatic hydroxyl groups is 1. The van der Waals surface area contributed by atoms with Gasteiger partial charge in [-0.25, -0.2) is 16.8 Å². The molecule has 37 heavy (non-hydrogen) atoms. The molecule has 0 saturated carbocycles. The molecule has 2 aromatic rings. The van der Waals surface area contributed by atoms with Crippen LogP contribution >= 0.6 is 0 Å². The number of amides is 1. The summed E-state index contributed by atoms with van der Waals surface area (Å²) in [6, 6.07) is 9.95. The molecule has 1 heterocycles. The average molecular weight is 556 g/mol. The molecule has 0 bridgehead atoms. The fourth-order valence-electron chi connectivity index (χ4n) is 4.02. The van der Waals surface area contributed by atoms with Crippen molar-refractivity contribution in [3.8, 4) is 11.5 Å². The van der Waals surface area contributed by atoms with Crippen molar-refractivity contribution < 1.29 is 36.2 Å². The molecule has 0 fully saturated rings. The van der Waals surface area contributed by atoms with E-state index in [9.17, 15) is 26.7 Å². The molecular formula is C24H33N3O8S2. The summed E-state index contributed by atoms with van der Waals surface area (Å²) in [5, 5.41) is 9.78. The lowest BCUT2D eigenvalue weighted by atomic mass is 9.99. The van der Waals surface area contributed by atoms with E-state index in [1.54, 1.807) is 26.0 Å². The number of sulfonamides is 2. The van der Waals surface area contributed by atoms with E-state index < -0.39 is 38.1 Å². The number of benzene rings is 2. The second-order valence-corrected chi connectivity index (χ2v) is 12.9. The Kier molecular flexibility index (Phi) is 8.73. The first-order valence-electron chi connectivity index (χ1n) is 11.6. The Morgan fingerprint density at radius 1 is 1.19 bits per heavy atom. The lowest BCUT2D eigenvalue weighted by molar-refractivity contribution is 0.0389. The Hall–Kier alpha value is -2.87. The van der Waals surface area contributed by atoms with Gasteiger partial charge >= 0.3 is 0 Å². The fourth-order valence-corrected chi connectivity index (χ4v) is 5.76. The van der Waals surface area contributed by atoms with Crippen molar-refractivity contribution in [3.63, 3.8) is 0 Å². The number of fused-ring (bicyclic) bond motifs is 1. The number of hydrogen-bond acceptors (Lipinski definition) is 8. The number of rotatable bonds is 9. The second kappa shape index (κ2) is 11.3. The van der Waals surface area contributed by atoms with E-state index in [1.165, 1.54) is 49.4 Å². The molecule has 0 spiro atoms. The maximum atomic E-state index is 13.4. The Morgan fingerprint density at radius 2 is 1.84 bits per heavy atom. The van der Waals surface area contributed by atoms with Crippen molar-refractivity contribution in [1.82, 2.24) is 9.21 Å². The topological polar surface area (TPSA) is 143 Å². The van der Waals surface area contributed by atoms with Crippen molar-refractivity contribution in [2.75, 3.05) is 44.8 Å². The number of methoxy groups -OCH3 is 1. The highest BCUT2D eigenvalue weighted by molar-refractivity contribution is 7.92. The summed E-state index contributed by atoms with van der Waals surface area (Å²) in [5.74, 6) is -0.298. The van der Waals surface area contributed by atoms with Crippen LogP contribution in [0.5, 0.6) is 11.5 Å². The maximum absolute atomic E-state index is 13.4. The zero-order chi connectivity index (χ0) is 27.5. The minimum atomic E-state index is -3.90. The molecule has 204 valence electrons. The van der Waals surface area contributed by atoms with Gasteiger partial charge in [-0.1, -0.05) is 13.0 Å². The molecule has 0 aromatic heterocycles. The molecule has 11 nitrogen and oxygen atoms in total. The second-order valence-electron chi connectivity index (χ2n) is 9.14. The molecule has 1 aliphatic rings. The van der Waals surface area contributed by atoms with Crippen LogP contribution in [0.4, 0.5) is 5.69 Å². The number of aliphatic hydroxyl groups excluding tert-OH is 1. The van der Waals surface area contributed by atoms with Crippen LogP contribution in [0.15, 0.2) is 47.4 Å². The van der Waals surface area contributed by atoms with E-state index in [4.69, 9.17) is 9.47 Å². The zero-order valence-electron chi connectivity index (χ0n) is 21.4. The lowest BCUT2D eigenvalue weighted by Crippen LogP contribution is -2.50. The fraction of sp³-hybridized carbons (Fsp3) is 0.458. The first-order valence-corrected chi connectivity index (χ1v) is 14.9. The predicted molar refractivity (Wildman–Crippen MR) is 139 cm³/mol. The lowest BCUT2D eigenvalue weighted by Gasteiger charge is -2.38. The highest BCUT2D eigenvalue weighted by Gasteiger charge is 2.36. The van der Waals surface area contributed by atoms with Gasteiger partial charge in [0.2, 0.25) is 20.0 Å². The first-order chi connectivity index (χ1) is 17.3. The van der Waals surface area contributed by atoms with Gasteiger partial charge in [0, 0.05) is 19.5 Å². The molecule has 2 N–H and O–H groups in total. The average Bonchev–Trinajstić information content (AvgIpc) is 2.85. The monoisotopic (exact) mass is 555 g/mol. The Bertz CT molecular complexity index is 1330. The molecule has 3 rings (SSSR count). The molecule has 2 aromatic carbocycles. The van der Waals surface area contributed by atoms with Crippen molar-refractivity contribution in [3.05, 3.63) is 48.0 Å². The Morgan fingerprint density at radius 3 is 2.41 bits per heavy atom. The van der Waals surface area contributed by atoms with Gasteiger partial charge in [0.25, 0.3) is 5.91 Å². The van der Waals surface area contributed by atoms with Crippen LogP contribution in [-0.2, 0) is 20.0 Å². The van der Waals surface area contributed by atoms with E-state index in [2.05, 4.69) is 4.72 Å². The molecule has 0 radical (unpaired) electrons. The van der Waals surface area contributed by atoms with Crippen LogP contribution in [0.1, 0.15) is 24.2 Å². The summed E-state index contributed by atoms with van der Waals surface area (Å²) in [6.07, 6.45) is 0.216. The van der Waals surface area contributed by atoms with Gasteiger partial charge in [0.1, 0.15) is 11.9 Å². The number of carbonyl (C=O) groups excluding carboxylic acids is 1. The summed E-state index contributed by atoms with van der Waals surface area (Å²) in [5.41, 5.74) is 0.163. The summed E-state index contributed by atoms with van der Waals surface area (Å²) in [6.45, 7) is 3.32. The molecule has 1 aliphatic heterocycles. The maximum Gasteiger partial charge on any atom is 0.258 e. The number of likely N-dealkylation sites (N-methyl/N-ethyl adjacent to an activating group) is 1. The van der Waals surface area contributed by atoms with E-state index in [-0.39, 0.29) is 47.5 Å². The summed E-state index contributed by atoms with van der Waals surface area (Å²) in [7, 11) is -4.71. The standard InChI is InChI=1S/C24H33N3O8S2/c1-16-13-27(17(2)15-28)24(29)20-7-6-8-21(25-36(5,30)31)23(20)35-22(16)14-26(3)37(32,33)19-11-9-18(34-4)10-12-19/h6-12,16-17,22,25,28H,13-15H2,1-5H3/t16-,17-,22-/m1/s1. The van der Waals surface area contributed by atoms with Gasteiger partial charge in [0.05, 0.1) is 48.7 Å². The van der Waals surface area contributed by atoms with Crippen molar-refractivity contribution >= 4 is 31.6 Å². The van der Waals surface area contributed by atoms with E-state index >= 15 is 0 Å². The van der Waals surface area contributed by atoms with Gasteiger partial charge in [-0.15, -0.1) is 0 Å². The van der Waals surface area contributed by atoms with Gasteiger partial charge in [-0.3, -0.25) is 9.52 Å². The number of ether oxygens (including phenoxy) is 2. The van der Waals surface area contributed by atoms with Crippen LogP contribution in [0.2, 0.25) is 0 Å². The minimum absolute atomic E-state index is 0.000129. The normalized spacial score (nSPS) is 19.4. The Balaban J connectivity index is 2.03. The van der Waals surface area contributed by atoms with Crippen LogP contribution in [-0.4, -0.2) is 89.3 Å². The number of para-hydroxylation sites is 1. The molecule has 0 aliphatic carbocycles. The number of anilines is 1. The smallest absolute Gasteiger partial charge is 0.258 e. The molecular weight excluding hydrogens is 522 g/mol. The largest absolute Gasteiger partial charge is 0.497 e. The molecule has 0 unspecified atom stereocenters. The summed E-state index contributed by atoms with van der Waals surface area (Å²) < 4.78 is 65.4. The van der Waals surface area contributed by atoms with Crippen molar-refractivity contribution in [1.29, 1.82) is 0 Å². The number of nitrogens with one attached hydrogen (secondary N) is 1. The number of carbonyl (C=O) groups is 1. The van der Waals surface area contributed by atoms with Crippen LogP contribution < -0.4 is 14.2 Å². The highest BCUT2D eigenvalue weighted by Crippen LogP contribution is 2.35. The third-order valence-electron chi connectivity index (χ3n) is 6.19. The van der Waals surface area contributed by atoms with Crippen LogP contribution in [0, 0.1) is 5.92 Å². The molecule has 0 saturated heterocycles. The highest BCUT2D eigenvalue weighted by atomic mass is 32.2. The van der Waals surface area contributed by atoms with Crippen LogP contribution in [0.3, 0.4) is 0 Å². The quantitative estimate of drug-likeness (QED) is 0.475. The minimum Gasteiger partial charge on any atom is -0.497 e. The van der Waals surface area contributed by atoms with Gasteiger partial charge in [-0.05, 0) is 43.3 Å². The van der Waals surface area contributed by atoms with Gasteiger partial charge in [-0.2, -0.15) is 4.31 Å². The predicted octanol–water partition coefficient (Wildman–Crippen LogP) is 1.61. The van der Waals surface area contributed by atoms with Crippen molar-refractivity contribution in [2.24, 2.45) is 5.92 Å². The molecule has 13 heteroatoms. The summed E-state index contributed by atoms with van der Waals surface area (Å²) >= 11 is 0. The van der Waals surface area contributed by atoms with E-state index in [0.29, 0.717) is 5.75 Å². The number of hydrogen-bond donors (Lipinski definition) is 2. The Labute approximate surface area is 218 Å². The number of nitrogens with zero attached hydrogens (tertiary/aromatic N) is 2. The van der Waals surface area contributed by atoms with Crippen LogP contribution in [0.25, 0.3) is 0 Å². The van der Waals surface area contributed by atoms with E-state index in [1.807, 2.05) is 0 Å². The third-order valence-corrected chi connectivity index (χ3v) is 8.62.